The molecular formula is C19H23N. The Hall–Kier alpha value is -1.60. The van der Waals surface area contributed by atoms with Crippen LogP contribution in [0.25, 0.3) is 0 Å². The van der Waals surface area contributed by atoms with E-state index in [-0.39, 0.29) is 6.04 Å². The van der Waals surface area contributed by atoms with E-state index < -0.39 is 0 Å². The summed E-state index contributed by atoms with van der Waals surface area (Å²) in [6.07, 6.45) is 3.99. The summed E-state index contributed by atoms with van der Waals surface area (Å²) >= 11 is 0. The lowest BCUT2D eigenvalue weighted by Gasteiger charge is -2.30. The van der Waals surface area contributed by atoms with Gasteiger partial charge in [-0.05, 0) is 60.4 Å². The third-order valence-electron chi connectivity index (χ3n) is 4.86. The second kappa shape index (κ2) is 5.41. The predicted molar refractivity (Wildman–Crippen MR) is 85.0 cm³/mol. The first-order valence-electron chi connectivity index (χ1n) is 7.59. The van der Waals surface area contributed by atoms with E-state index in [1.807, 2.05) is 0 Å². The summed E-state index contributed by atoms with van der Waals surface area (Å²) in [7, 11) is 0. The molecule has 2 N–H and O–H groups in total. The van der Waals surface area contributed by atoms with Crippen LogP contribution in [0.4, 0.5) is 0 Å². The van der Waals surface area contributed by atoms with Gasteiger partial charge >= 0.3 is 0 Å². The zero-order chi connectivity index (χ0) is 14.1. The molecule has 1 aliphatic rings. The maximum Gasteiger partial charge on any atom is 0.0557 e. The molecule has 2 aromatic rings. The molecule has 1 atom stereocenters. The Kier molecular flexibility index (Phi) is 3.62. The van der Waals surface area contributed by atoms with Crippen molar-refractivity contribution in [2.75, 3.05) is 0 Å². The number of benzene rings is 2. The minimum absolute atomic E-state index is 0.00769. The van der Waals surface area contributed by atoms with Crippen LogP contribution in [-0.4, -0.2) is 0 Å². The van der Waals surface area contributed by atoms with Crippen molar-refractivity contribution in [2.24, 2.45) is 5.73 Å². The summed E-state index contributed by atoms with van der Waals surface area (Å²) in [5.74, 6) is 0.724. The van der Waals surface area contributed by atoms with Crippen molar-refractivity contribution >= 4 is 0 Å². The first-order valence-corrected chi connectivity index (χ1v) is 7.59. The maximum atomic E-state index is 6.60. The lowest BCUT2D eigenvalue weighted by molar-refractivity contribution is 0.416. The number of hydrogen-bond acceptors (Lipinski definition) is 1. The number of rotatable bonds is 3. The molecule has 3 rings (SSSR count). The molecule has 104 valence electrons. The quantitative estimate of drug-likeness (QED) is 0.861. The topological polar surface area (TPSA) is 26.0 Å². The van der Waals surface area contributed by atoms with Gasteiger partial charge in [-0.1, -0.05) is 48.9 Å². The molecule has 0 spiro atoms. The summed E-state index contributed by atoms with van der Waals surface area (Å²) in [5, 5.41) is 0. The van der Waals surface area contributed by atoms with E-state index in [0.717, 1.165) is 5.92 Å². The fourth-order valence-corrected chi connectivity index (χ4v) is 3.16. The fourth-order valence-electron chi connectivity index (χ4n) is 3.16. The molecule has 0 saturated heterocycles. The number of aryl methyl sites for hydroxylation is 1. The van der Waals surface area contributed by atoms with Gasteiger partial charge in [0.2, 0.25) is 0 Å². The van der Waals surface area contributed by atoms with Gasteiger partial charge in [0.15, 0.2) is 0 Å². The normalized spacial score (nSPS) is 16.8. The van der Waals surface area contributed by atoms with Crippen LogP contribution in [0.2, 0.25) is 0 Å². The Morgan fingerprint density at radius 1 is 0.950 bits per heavy atom. The summed E-state index contributed by atoms with van der Waals surface area (Å²) < 4.78 is 0. The SMILES string of the molecule is Cc1cccc(C(N)c2ccccc2C2CCC2)c1C. The van der Waals surface area contributed by atoms with Gasteiger partial charge in [0.05, 0.1) is 6.04 Å². The van der Waals surface area contributed by atoms with Crippen LogP contribution in [0.15, 0.2) is 42.5 Å². The third kappa shape index (κ3) is 2.27. The van der Waals surface area contributed by atoms with Gasteiger partial charge in [-0.15, -0.1) is 0 Å². The van der Waals surface area contributed by atoms with Crippen LogP contribution < -0.4 is 5.73 Å². The predicted octanol–water partition coefficient (Wildman–Crippen LogP) is 4.62. The van der Waals surface area contributed by atoms with Gasteiger partial charge in [-0.3, -0.25) is 0 Å². The molecule has 0 amide bonds. The van der Waals surface area contributed by atoms with E-state index in [2.05, 4.69) is 56.3 Å². The molecule has 0 aromatic heterocycles. The highest BCUT2D eigenvalue weighted by Gasteiger charge is 2.24. The fraction of sp³-hybridized carbons (Fsp3) is 0.368. The second-order valence-electron chi connectivity index (χ2n) is 6.02. The van der Waals surface area contributed by atoms with Gasteiger partial charge in [-0.25, -0.2) is 0 Å². The molecule has 1 saturated carbocycles. The third-order valence-corrected chi connectivity index (χ3v) is 4.86. The van der Waals surface area contributed by atoms with E-state index in [0.29, 0.717) is 0 Å². The van der Waals surface area contributed by atoms with E-state index in [1.54, 1.807) is 0 Å². The van der Waals surface area contributed by atoms with Crippen LogP contribution in [0.5, 0.6) is 0 Å². The first-order chi connectivity index (χ1) is 9.68. The van der Waals surface area contributed by atoms with Crippen LogP contribution in [-0.2, 0) is 0 Å². The van der Waals surface area contributed by atoms with Gasteiger partial charge in [0, 0.05) is 0 Å². The van der Waals surface area contributed by atoms with Crippen molar-refractivity contribution in [1.82, 2.24) is 0 Å². The summed E-state index contributed by atoms with van der Waals surface area (Å²) in [6.45, 7) is 4.33. The monoisotopic (exact) mass is 265 g/mol. The molecule has 0 aliphatic heterocycles. The lowest BCUT2D eigenvalue weighted by Crippen LogP contribution is -2.19. The second-order valence-corrected chi connectivity index (χ2v) is 6.02. The molecule has 20 heavy (non-hydrogen) atoms. The molecule has 1 aliphatic carbocycles. The summed E-state index contributed by atoms with van der Waals surface area (Å²) in [4.78, 5) is 0. The molecule has 1 unspecified atom stereocenters. The smallest absolute Gasteiger partial charge is 0.0557 e. The molecule has 1 heteroatoms. The van der Waals surface area contributed by atoms with Crippen molar-refractivity contribution < 1.29 is 0 Å². The van der Waals surface area contributed by atoms with Gasteiger partial charge in [0.25, 0.3) is 0 Å². The Morgan fingerprint density at radius 3 is 2.35 bits per heavy atom. The average molecular weight is 265 g/mol. The molecule has 0 bridgehead atoms. The molecular weight excluding hydrogens is 242 g/mol. The van der Waals surface area contributed by atoms with Crippen LogP contribution in [0, 0.1) is 13.8 Å². The highest BCUT2D eigenvalue weighted by Crippen LogP contribution is 2.40. The van der Waals surface area contributed by atoms with Crippen molar-refractivity contribution in [3.63, 3.8) is 0 Å². The van der Waals surface area contributed by atoms with Crippen molar-refractivity contribution in [3.8, 4) is 0 Å². The highest BCUT2D eigenvalue weighted by molar-refractivity contribution is 5.44. The van der Waals surface area contributed by atoms with Crippen LogP contribution in [0.1, 0.15) is 59.0 Å². The molecule has 0 radical (unpaired) electrons. The van der Waals surface area contributed by atoms with Crippen molar-refractivity contribution in [1.29, 1.82) is 0 Å². The minimum atomic E-state index is -0.00769. The summed E-state index contributed by atoms with van der Waals surface area (Å²) in [5.41, 5.74) is 13.3. The van der Waals surface area contributed by atoms with Crippen molar-refractivity contribution in [2.45, 2.75) is 45.1 Å². The maximum absolute atomic E-state index is 6.60. The Bertz CT molecular complexity index is 611. The molecule has 1 fully saturated rings. The standard InChI is InChI=1S/C19H23N/c1-13-7-5-12-16(14(13)2)19(20)18-11-4-3-10-17(18)15-8-6-9-15/h3-5,7,10-12,15,19H,6,8-9,20H2,1-2H3. The summed E-state index contributed by atoms with van der Waals surface area (Å²) in [6, 6.07) is 15.2. The molecule has 1 nitrogen and oxygen atoms in total. The number of nitrogens with two attached hydrogens (primary N) is 1. The first kappa shape index (κ1) is 13.4. The largest absolute Gasteiger partial charge is 0.320 e. The highest BCUT2D eigenvalue weighted by atomic mass is 14.6. The molecule has 0 heterocycles. The molecule has 2 aromatic carbocycles. The average Bonchev–Trinajstić information content (AvgIpc) is 2.40. The van der Waals surface area contributed by atoms with Gasteiger partial charge in [-0.2, -0.15) is 0 Å². The van der Waals surface area contributed by atoms with E-state index in [4.69, 9.17) is 5.73 Å². The Balaban J connectivity index is 2.02. The van der Waals surface area contributed by atoms with Crippen LogP contribution >= 0.6 is 0 Å². The van der Waals surface area contributed by atoms with E-state index in [1.165, 1.54) is 47.1 Å². The van der Waals surface area contributed by atoms with Crippen LogP contribution in [0.3, 0.4) is 0 Å². The van der Waals surface area contributed by atoms with Gasteiger partial charge in [0.1, 0.15) is 0 Å². The number of hydrogen-bond donors (Lipinski definition) is 1. The lowest BCUT2D eigenvalue weighted by atomic mass is 9.76. The zero-order valence-corrected chi connectivity index (χ0v) is 12.4. The van der Waals surface area contributed by atoms with E-state index in [9.17, 15) is 0 Å². The van der Waals surface area contributed by atoms with Gasteiger partial charge < -0.3 is 5.73 Å². The van der Waals surface area contributed by atoms with E-state index >= 15 is 0 Å². The Morgan fingerprint density at radius 2 is 1.65 bits per heavy atom. The zero-order valence-electron chi connectivity index (χ0n) is 12.4. The minimum Gasteiger partial charge on any atom is -0.320 e. The Labute approximate surface area is 121 Å². The van der Waals surface area contributed by atoms with Crippen molar-refractivity contribution in [3.05, 3.63) is 70.3 Å².